The van der Waals surface area contributed by atoms with Gasteiger partial charge in [0.15, 0.2) is 0 Å². The molecule has 2 aromatic rings. The van der Waals surface area contributed by atoms with Gasteiger partial charge in [0.05, 0.1) is 16.3 Å². The largest absolute Gasteiger partial charge is 0.367 e. The maximum Gasteiger partial charge on any atom is 0.255 e. The third-order valence-corrected chi connectivity index (χ3v) is 8.51. The molecule has 33 heavy (non-hydrogen) atoms. The lowest BCUT2D eigenvalue weighted by atomic mass is 10.1. The number of para-hydroxylation sites is 2. The highest BCUT2D eigenvalue weighted by Crippen LogP contribution is 2.28. The van der Waals surface area contributed by atoms with Gasteiger partial charge < -0.3 is 15.1 Å². The maximum absolute atomic E-state index is 13.2. The second-order valence-electron chi connectivity index (χ2n) is 8.74. The molecule has 0 aromatic heterocycles. The molecule has 2 saturated heterocycles. The van der Waals surface area contributed by atoms with Crippen LogP contribution in [0.5, 0.6) is 0 Å². The zero-order valence-corrected chi connectivity index (χ0v) is 20.2. The van der Waals surface area contributed by atoms with Crippen LogP contribution in [0.3, 0.4) is 0 Å². The SMILES string of the molecule is CCN1CCN(c2ccccc2NC(=O)c2cccc(S(=O)(=O)N3CCCCCC3)c2)CC1. The first-order chi connectivity index (χ1) is 16.0. The lowest BCUT2D eigenvalue weighted by Gasteiger charge is -2.36. The van der Waals surface area contributed by atoms with Gasteiger partial charge in [-0.25, -0.2) is 8.42 Å². The highest BCUT2D eigenvalue weighted by molar-refractivity contribution is 7.89. The summed E-state index contributed by atoms with van der Waals surface area (Å²) in [5.74, 6) is -0.303. The molecule has 178 valence electrons. The minimum atomic E-state index is -3.61. The highest BCUT2D eigenvalue weighted by Gasteiger charge is 2.26. The topological polar surface area (TPSA) is 73.0 Å². The fraction of sp³-hybridized carbons (Fsp3) is 0.480. The quantitative estimate of drug-likeness (QED) is 0.698. The van der Waals surface area contributed by atoms with Crippen LogP contribution < -0.4 is 10.2 Å². The summed E-state index contributed by atoms with van der Waals surface area (Å²) in [5, 5.41) is 3.01. The van der Waals surface area contributed by atoms with Crippen molar-refractivity contribution in [2.45, 2.75) is 37.5 Å². The number of nitrogens with zero attached hydrogens (tertiary/aromatic N) is 3. The van der Waals surface area contributed by atoms with Crippen LogP contribution in [0.15, 0.2) is 53.4 Å². The molecule has 0 atom stereocenters. The average molecular weight is 471 g/mol. The standard InChI is InChI=1S/C25H34N4O3S/c1-2-27-16-18-28(19-17-27)24-13-6-5-12-23(24)26-25(30)21-10-9-11-22(20-21)33(31,32)29-14-7-3-4-8-15-29/h5-6,9-13,20H,2-4,7-8,14-19H2,1H3,(H,26,30). The van der Waals surface area contributed by atoms with E-state index in [2.05, 4.69) is 22.0 Å². The van der Waals surface area contributed by atoms with Crippen molar-refractivity contribution in [3.8, 4) is 0 Å². The first kappa shape index (κ1) is 23.7. The molecule has 8 heteroatoms. The first-order valence-electron chi connectivity index (χ1n) is 12.0. The van der Waals surface area contributed by atoms with Gasteiger partial charge in [-0.3, -0.25) is 4.79 Å². The number of nitrogens with one attached hydrogen (secondary N) is 1. The highest BCUT2D eigenvalue weighted by atomic mass is 32.2. The number of hydrogen-bond acceptors (Lipinski definition) is 5. The number of hydrogen-bond donors (Lipinski definition) is 1. The Balaban J connectivity index is 1.51. The summed E-state index contributed by atoms with van der Waals surface area (Å²) in [7, 11) is -3.61. The Hall–Kier alpha value is -2.42. The zero-order chi connectivity index (χ0) is 23.3. The van der Waals surface area contributed by atoms with Crippen molar-refractivity contribution in [3.63, 3.8) is 0 Å². The van der Waals surface area contributed by atoms with E-state index in [0.717, 1.165) is 69.8 Å². The van der Waals surface area contributed by atoms with Crippen LogP contribution in [0.25, 0.3) is 0 Å². The van der Waals surface area contributed by atoms with Crippen molar-refractivity contribution in [3.05, 3.63) is 54.1 Å². The molecule has 0 aliphatic carbocycles. The number of carbonyl (C=O) groups excluding carboxylic acids is 1. The molecule has 0 saturated carbocycles. The molecule has 2 aliphatic rings. The van der Waals surface area contributed by atoms with Crippen LogP contribution in [0.4, 0.5) is 11.4 Å². The summed E-state index contributed by atoms with van der Waals surface area (Å²) in [6.45, 7) is 8.10. The number of carbonyl (C=O) groups is 1. The van der Waals surface area contributed by atoms with Gasteiger partial charge >= 0.3 is 0 Å². The third kappa shape index (κ3) is 5.57. The van der Waals surface area contributed by atoms with Crippen molar-refractivity contribution in [1.29, 1.82) is 0 Å². The second kappa shape index (κ2) is 10.7. The Kier molecular flexibility index (Phi) is 7.67. The minimum Gasteiger partial charge on any atom is -0.367 e. The Morgan fingerprint density at radius 1 is 0.879 bits per heavy atom. The normalized spacial score (nSPS) is 18.6. The molecule has 0 unspecified atom stereocenters. The molecule has 2 aliphatic heterocycles. The van der Waals surface area contributed by atoms with E-state index in [0.29, 0.717) is 18.7 Å². The van der Waals surface area contributed by atoms with E-state index >= 15 is 0 Å². The van der Waals surface area contributed by atoms with Crippen molar-refractivity contribution in [2.24, 2.45) is 0 Å². The first-order valence-corrected chi connectivity index (χ1v) is 13.4. The smallest absolute Gasteiger partial charge is 0.255 e. The Morgan fingerprint density at radius 3 is 2.27 bits per heavy atom. The van der Waals surface area contributed by atoms with Crippen LogP contribution in [0.2, 0.25) is 0 Å². The van der Waals surface area contributed by atoms with Gasteiger partial charge in [-0.15, -0.1) is 0 Å². The van der Waals surface area contributed by atoms with Crippen molar-refractivity contribution >= 4 is 27.3 Å². The summed E-state index contributed by atoms with van der Waals surface area (Å²) in [6.07, 6.45) is 3.87. The van der Waals surface area contributed by atoms with Gasteiger partial charge in [-0.1, -0.05) is 38.0 Å². The predicted molar refractivity (Wildman–Crippen MR) is 132 cm³/mol. The molecular formula is C25H34N4O3S. The molecule has 0 spiro atoms. The van der Waals surface area contributed by atoms with Gasteiger partial charge in [-0.2, -0.15) is 4.31 Å². The monoisotopic (exact) mass is 470 g/mol. The van der Waals surface area contributed by atoms with E-state index in [9.17, 15) is 13.2 Å². The van der Waals surface area contributed by atoms with Crippen LogP contribution in [-0.4, -0.2) is 69.3 Å². The van der Waals surface area contributed by atoms with Crippen LogP contribution in [0, 0.1) is 0 Å². The fourth-order valence-corrected chi connectivity index (χ4v) is 6.15. The van der Waals surface area contributed by atoms with Gasteiger partial charge in [0.25, 0.3) is 5.91 Å². The molecule has 2 aromatic carbocycles. The Morgan fingerprint density at radius 2 is 1.58 bits per heavy atom. The molecule has 4 rings (SSSR count). The van der Waals surface area contributed by atoms with Gasteiger partial charge in [0, 0.05) is 44.8 Å². The van der Waals surface area contributed by atoms with Crippen molar-refractivity contribution in [1.82, 2.24) is 9.21 Å². The number of likely N-dealkylation sites (N-methyl/N-ethyl adjacent to an activating group) is 1. The lowest BCUT2D eigenvalue weighted by molar-refractivity contribution is 0.102. The number of sulfonamides is 1. The summed E-state index contributed by atoms with van der Waals surface area (Å²) in [4.78, 5) is 18.0. The number of anilines is 2. The fourth-order valence-electron chi connectivity index (χ4n) is 4.58. The van der Waals surface area contributed by atoms with Crippen molar-refractivity contribution < 1.29 is 13.2 Å². The molecule has 2 heterocycles. The Bertz CT molecular complexity index is 1060. The number of rotatable bonds is 6. The van der Waals surface area contributed by atoms with Crippen LogP contribution in [0.1, 0.15) is 43.0 Å². The molecule has 2 fully saturated rings. The van der Waals surface area contributed by atoms with Gasteiger partial charge in [0.1, 0.15) is 0 Å². The molecule has 0 bridgehead atoms. The van der Waals surface area contributed by atoms with E-state index in [-0.39, 0.29) is 10.8 Å². The molecule has 0 radical (unpaired) electrons. The molecule has 1 amide bonds. The maximum atomic E-state index is 13.2. The van der Waals surface area contributed by atoms with E-state index in [1.54, 1.807) is 22.5 Å². The number of piperazine rings is 1. The van der Waals surface area contributed by atoms with E-state index in [4.69, 9.17) is 0 Å². The van der Waals surface area contributed by atoms with Crippen LogP contribution in [-0.2, 0) is 10.0 Å². The summed E-state index contributed by atoms with van der Waals surface area (Å²) in [6, 6.07) is 14.2. The second-order valence-corrected chi connectivity index (χ2v) is 10.7. The number of benzene rings is 2. The molecular weight excluding hydrogens is 436 g/mol. The van der Waals surface area contributed by atoms with Gasteiger partial charge in [-0.05, 0) is 49.7 Å². The summed E-state index contributed by atoms with van der Waals surface area (Å²) >= 11 is 0. The molecule has 7 nitrogen and oxygen atoms in total. The zero-order valence-electron chi connectivity index (χ0n) is 19.4. The minimum absolute atomic E-state index is 0.182. The van der Waals surface area contributed by atoms with Gasteiger partial charge in [0.2, 0.25) is 10.0 Å². The third-order valence-electron chi connectivity index (χ3n) is 6.61. The Labute approximate surface area is 197 Å². The van der Waals surface area contributed by atoms with Crippen molar-refractivity contribution in [2.75, 3.05) is 56.0 Å². The molecule has 1 N–H and O–H groups in total. The van der Waals surface area contributed by atoms with E-state index in [1.807, 2.05) is 24.3 Å². The lowest BCUT2D eigenvalue weighted by Crippen LogP contribution is -2.46. The van der Waals surface area contributed by atoms with Crippen LogP contribution >= 0.6 is 0 Å². The average Bonchev–Trinajstić information content (AvgIpc) is 3.15. The predicted octanol–water partition coefficient (Wildman–Crippen LogP) is 3.65. The van der Waals surface area contributed by atoms with E-state index in [1.165, 1.54) is 6.07 Å². The number of amides is 1. The summed E-state index contributed by atoms with van der Waals surface area (Å²) in [5.41, 5.74) is 2.08. The van der Waals surface area contributed by atoms with E-state index < -0.39 is 10.0 Å². The summed E-state index contributed by atoms with van der Waals surface area (Å²) < 4.78 is 27.9.